The summed E-state index contributed by atoms with van der Waals surface area (Å²) in [5, 5.41) is 0.611. The molecule has 0 saturated heterocycles. The molecule has 0 unspecified atom stereocenters. The summed E-state index contributed by atoms with van der Waals surface area (Å²) in [6, 6.07) is 6.53. The molecule has 0 aliphatic heterocycles. The van der Waals surface area contributed by atoms with Crippen molar-refractivity contribution in [2.45, 2.75) is 6.36 Å². The first-order chi connectivity index (χ1) is 6.54. The van der Waals surface area contributed by atoms with Crippen LogP contribution in [0.3, 0.4) is 0 Å². The average Bonchev–Trinajstić information content (AvgIpc) is 2.47. The summed E-state index contributed by atoms with van der Waals surface area (Å²) in [6.07, 6.45) is -3.40. The molecule has 0 bridgehead atoms. The second kappa shape index (κ2) is 2.94. The number of ether oxygens (including phenoxy) is 1. The minimum absolute atomic E-state index is 0.298. The van der Waals surface area contributed by atoms with Gasteiger partial charge >= 0.3 is 6.36 Å². The molecule has 0 amide bonds. The van der Waals surface area contributed by atoms with Crippen molar-refractivity contribution in [3.05, 3.63) is 30.5 Å². The summed E-state index contributed by atoms with van der Waals surface area (Å²) in [7, 11) is 0. The van der Waals surface area contributed by atoms with Gasteiger partial charge in [-0.3, -0.25) is 0 Å². The average molecular weight is 201 g/mol. The van der Waals surface area contributed by atoms with Gasteiger partial charge in [-0.2, -0.15) is 0 Å². The third-order valence-corrected chi connectivity index (χ3v) is 1.59. The Labute approximate surface area is 76.9 Å². The lowest BCUT2D eigenvalue weighted by Crippen LogP contribution is -2.16. The number of hydrogen-bond donors (Lipinski definition) is 0. The lowest BCUT2D eigenvalue weighted by molar-refractivity contribution is -0.274. The summed E-state index contributed by atoms with van der Waals surface area (Å²) in [5.74, 6) is -0.298. The van der Waals surface area contributed by atoms with E-state index in [2.05, 4.69) is 10.8 Å². The molecule has 5 heteroatoms. The summed E-state index contributed by atoms with van der Waals surface area (Å²) >= 11 is 0. The normalized spacial score (nSPS) is 11.9. The highest BCUT2D eigenvalue weighted by Gasteiger charge is 2.31. The number of rotatable bonds is 1. The molecule has 1 aromatic heterocycles. The van der Waals surface area contributed by atoms with Crippen molar-refractivity contribution in [2.24, 2.45) is 0 Å². The van der Waals surface area contributed by atoms with Gasteiger partial charge in [-0.25, -0.2) is 0 Å². The van der Waals surface area contributed by atoms with Crippen molar-refractivity contribution in [3.63, 3.8) is 0 Å². The highest BCUT2D eigenvalue weighted by molar-refractivity contribution is 5.77. The number of halogens is 3. The minimum atomic E-state index is -4.68. The number of fused-ring (bicyclic) bond motifs is 1. The van der Waals surface area contributed by atoms with Crippen LogP contribution in [0.1, 0.15) is 0 Å². The number of alkyl halides is 3. The number of benzene rings is 1. The minimum Gasteiger partial charge on any atom is -0.464 e. The molecule has 73 valence electrons. The van der Waals surface area contributed by atoms with E-state index < -0.39 is 6.36 Å². The Kier molecular flexibility index (Phi) is 1.87. The molecule has 14 heavy (non-hydrogen) atoms. The van der Waals surface area contributed by atoms with Gasteiger partial charge in [0, 0.05) is 17.5 Å². The highest BCUT2D eigenvalue weighted by atomic mass is 19.4. The predicted molar refractivity (Wildman–Crippen MR) is 41.7 cm³/mol. The highest BCUT2D eigenvalue weighted by Crippen LogP contribution is 2.26. The van der Waals surface area contributed by atoms with Crippen LogP contribution in [0.5, 0.6) is 5.75 Å². The number of hydrogen-bond acceptors (Lipinski definition) is 2. The van der Waals surface area contributed by atoms with E-state index in [1.807, 2.05) is 0 Å². The Hall–Kier alpha value is -1.65. The topological polar surface area (TPSA) is 22.4 Å². The van der Waals surface area contributed by atoms with Gasteiger partial charge < -0.3 is 9.15 Å². The molecule has 0 atom stereocenters. The molecule has 0 aliphatic rings. The lowest BCUT2D eigenvalue weighted by Gasteiger charge is -2.07. The van der Waals surface area contributed by atoms with E-state index >= 15 is 0 Å². The van der Waals surface area contributed by atoms with E-state index in [0.717, 1.165) is 0 Å². The van der Waals surface area contributed by atoms with Crippen LogP contribution in [0.25, 0.3) is 11.0 Å². The molecule has 1 aromatic carbocycles. The standard InChI is InChI=1S/C9H4F3O2/c10-9(11,12)14-7-2-1-6-3-4-13-8(6)5-7/h1-2,4-5H. The van der Waals surface area contributed by atoms with Crippen LogP contribution in [0, 0.1) is 6.07 Å². The van der Waals surface area contributed by atoms with E-state index in [1.165, 1.54) is 24.5 Å². The zero-order valence-corrected chi connectivity index (χ0v) is 6.76. The van der Waals surface area contributed by atoms with Gasteiger partial charge in [-0.05, 0) is 12.1 Å². The molecule has 0 aliphatic carbocycles. The molecule has 1 heterocycles. The molecule has 1 radical (unpaired) electrons. The SMILES string of the molecule is FC(F)(F)Oc1ccc2[c]coc2c1. The maximum absolute atomic E-state index is 11.8. The van der Waals surface area contributed by atoms with E-state index in [-0.39, 0.29) is 5.75 Å². The van der Waals surface area contributed by atoms with Crippen molar-refractivity contribution in [1.29, 1.82) is 0 Å². The largest absolute Gasteiger partial charge is 0.573 e. The first-order valence-electron chi connectivity index (χ1n) is 3.69. The van der Waals surface area contributed by atoms with Gasteiger partial charge in [-0.15, -0.1) is 13.2 Å². The monoisotopic (exact) mass is 201 g/mol. The van der Waals surface area contributed by atoms with Gasteiger partial charge in [0.2, 0.25) is 0 Å². The second-order valence-corrected chi connectivity index (χ2v) is 2.59. The van der Waals surface area contributed by atoms with Crippen LogP contribution >= 0.6 is 0 Å². The fraction of sp³-hybridized carbons (Fsp3) is 0.111. The Bertz CT molecular complexity index is 444. The summed E-state index contributed by atoms with van der Waals surface area (Å²) in [4.78, 5) is 0. The Morgan fingerprint density at radius 1 is 1.29 bits per heavy atom. The summed E-state index contributed by atoms with van der Waals surface area (Å²) in [6.45, 7) is 0. The van der Waals surface area contributed by atoms with Crippen LogP contribution in [-0.2, 0) is 0 Å². The van der Waals surface area contributed by atoms with Gasteiger partial charge in [0.15, 0.2) is 0 Å². The lowest BCUT2D eigenvalue weighted by atomic mass is 10.2. The van der Waals surface area contributed by atoms with Gasteiger partial charge in [0.05, 0.1) is 6.26 Å². The maximum Gasteiger partial charge on any atom is 0.573 e. The quantitative estimate of drug-likeness (QED) is 0.707. The summed E-state index contributed by atoms with van der Waals surface area (Å²) < 4.78 is 44.0. The van der Waals surface area contributed by atoms with Crippen molar-refractivity contribution in [3.8, 4) is 5.75 Å². The molecule has 2 rings (SSSR count). The second-order valence-electron chi connectivity index (χ2n) is 2.59. The van der Waals surface area contributed by atoms with Crippen LogP contribution in [0.4, 0.5) is 13.2 Å². The van der Waals surface area contributed by atoms with Crippen LogP contribution in [0.15, 0.2) is 28.9 Å². The molecule has 0 saturated carbocycles. The van der Waals surface area contributed by atoms with Crippen LogP contribution in [0.2, 0.25) is 0 Å². The van der Waals surface area contributed by atoms with Gasteiger partial charge in [0.25, 0.3) is 0 Å². The Morgan fingerprint density at radius 2 is 2.07 bits per heavy atom. The molecule has 2 nitrogen and oxygen atoms in total. The molecule has 0 spiro atoms. The first-order valence-corrected chi connectivity index (χ1v) is 3.69. The molecule has 0 N–H and O–H groups in total. The van der Waals surface area contributed by atoms with E-state index in [9.17, 15) is 13.2 Å². The van der Waals surface area contributed by atoms with Crippen molar-refractivity contribution >= 4 is 11.0 Å². The first kappa shape index (κ1) is 8.93. The van der Waals surface area contributed by atoms with E-state index in [1.54, 1.807) is 0 Å². The fourth-order valence-electron chi connectivity index (χ4n) is 1.07. The fourth-order valence-corrected chi connectivity index (χ4v) is 1.07. The number of furan rings is 1. The molecule has 2 aromatic rings. The molecular weight excluding hydrogens is 197 g/mol. The Morgan fingerprint density at radius 3 is 2.79 bits per heavy atom. The van der Waals surface area contributed by atoms with Crippen molar-refractivity contribution < 1.29 is 22.3 Å². The molecule has 0 fully saturated rings. The van der Waals surface area contributed by atoms with Crippen LogP contribution < -0.4 is 4.74 Å². The van der Waals surface area contributed by atoms with Gasteiger partial charge in [-0.1, -0.05) is 0 Å². The maximum atomic E-state index is 11.8. The Balaban J connectivity index is 2.35. The smallest absolute Gasteiger partial charge is 0.464 e. The molecular formula is C9H4F3O2. The van der Waals surface area contributed by atoms with Crippen LogP contribution in [-0.4, -0.2) is 6.36 Å². The van der Waals surface area contributed by atoms with Crippen molar-refractivity contribution in [1.82, 2.24) is 0 Å². The third-order valence-electron chi connectivity index (χ3n) is 1.59. The van der Waals surface area contributed by atoms with Crippen molar-refractivity contribution in [2.75, 3.05) is 0 Å². The van der Waals surface area contributed by atoms with E-state index in [0.29, 0.717) is 11.0 Å². The predicted octanol–water partition coefficient (Wildman–Crippen LogP) is 3.13. The zero-order valence-electron chi connectivity index (χ0n) is 6.76. The third kappa shape index (κ3) is 1.81. The summed E-state index contributed by atoms with van der Waals surface area (Å²) in [5.41, 5.74) is 0.312. The van der Waals surface area contributed by atoms with E-state index in [4.69, 9.17) is 4.42 Å². The van der Waals surface area contributed by atoms with Gasteiger partial charge in [0.1, 0.15) is 11.3 Å². The zero-order chi connectivity index (χ0) is 10.2.